The van der Waals surface area contributed by atoms with Crippen molar-refractivity contribution in [1.82, 2.24) is 15.5 Å². The lowest BCUT2D eigenvalue weighted by molar-refractivity contribution is 0.355. The molecule has 1 aromatic heterocycles. The SMILES string of the molecule is COc1cc(-c2noc(CNCC3CC3)n2)cc(Cl)c1OC.Cl. The van der Waals surface area contributed by atoms with Crippen molar-refractivity contribution < 1.29 is 14.0 Å². The lowest BCUT2D eigenvalue weighted by Gasteiger charge is -2.10. The predicted octanol–water partition coefficient (Wildman–Crippen LogP) is 3.33. The van der Waals surface area contributed by atoms with Crippen LogP contribution in [0.25, 0.3) is 11.4 Å². The molecule has 1 aliphatic carbocycles. The van der Waals surface area contributed by atoms with Gasteiger partial charge in [0.25, 0.3) is 0 Å². The van der Waals surface area contributed by atoms with Gasteiger partial charge in [0.05, 0.1) is 25.8 Å². The molecule has 1 saturated carbocycles. The van der Waals surface area contributed by atoms with E-state index < -0.39 is 0 Å². The van der Waals surface area contributed by atoms with Crippen molar-refractivity contribution in [3.63, 3.8) is 0 Å². The lowest BCUT2D eigenvalue weighted by Crippen LogP contribution is -2.16. The summed E-state index contributed by atoms with van der Waals surface area (Å²) in [6, 6.07) is 3.51. The minimum atomic E-state index is 0. The molecule has 0 unspecified atom stereocenters. The third kappa shape index (κ3) is 4.28. The van der Waals surface area contributed by atoms with Crippen LogP contribution in [0.15, 0.2) is 16.7 Å². The summed E-state index contributed by atoms with van der Waals surface area (Å²) in [5.41, 5.74) is 0.722. The molecule has 0 spiro atoms. The van der Waals surface area contributed by atoms with Gasteiger partial charge >= 0.3 is 0 Å². The molecule has 0 amide bonds. The Labute approximate surface area is 145 Å². The standard InChI is InChI=1S/C15H18ClN3O3.ClH/c1-20-12-6-10(5-11(16)14(12)21-2)15-18-13(22-19-15)8-17-7-9-3-4-9;/h5-6,9,17H,3-4,7-8H2,1-2H3;1H. The average molecular weight is 360 g/mol. The maximum absolute atomic E-state index is 6.19. The molecule has 8 heteroatoms. The van der Waals surface area contributed by atoms with Crippen molar-refractivity contribution in [3.8, 4) is 22.9 Å². The fraction of sp³-hybridized carbons (Fsp3) is 0.467. The van der Waals surface area contributed by atoms with E-state index in [1.807, 2.05) is 0 Å². The van der Waals surface area contributed by atoms with Gasteiger partial charge in [-0.2, -0.15) is 4.98 Å². The van der Waals surface area contributed by atoms with Crippen LogP contribution in [0.5, 0.6) is 11.5 Å². The first-order chi connectivity index (χ1) is 10.7. The Morgan fingerprint density at radius 2 is 2.09 bits per heavy atom. The number of nitrogens with zero attached hydrogens (tertiary/aromatic N) is 2. The van der Waals surface area contributed by atoms with Crippen LogP contribution < -0.4 is 14.8 Å². The quantitative estimate of drug-likeness (QED) is 0.817. The van der Waals surface area contributed by atoms with E-state index in [-0.39, 0.29) is 12.4 Å². The van der Waals surface area contributed by atoms with Crippen molar-refractivity contribution in [2.45, 2.75) is 19.4 Å². The van der Waals surface area contributed by atoms with E-state index in [1.54, 1.807) is 26.4 Å². The van der Waals surface area contributed by atoms with Crippen LogP contribution in [0.1, 0.15) is 18.7 Å². The van der Waals surface area contributed by atoms with Crippen LogP contribution in [-0.2, 0) is 6.54 Å². The number of hydrogen-bond acceptors (Lipinski definition) is 6. The van der Waals surface area contributed by atoms with Gasteiger partial charge in [0, 0.05) is 5.56 Å². The van der Waals surface area contributed by atoms with Crippen molar-refractivity contribution in [2.24, 2.45) is 5.92 Å². The van der Waals surface area contributed by atoms with Crippen LogP contribution in [-0.4, -0.2) is 30.9 Å². The van der Waals surface area contributed by atoms with Crippen molar-refractivity contribution in [3.05, 3.63) is 23.0 Å². The maximum Gasteiger partial charge on any atom is 0.240 e. The van der Waals surface area contributed by atoms with E-state index in [0.717, 1.165) is 18.0 Å². The number of benzene rings is 1. The minimum Gasteiger partial charge on any atom is -0.493 e. The largest absolute Gasteiger partial charge is 0.493 e. The van der Waals surface area contributed by atoms with E-state index in [2.05, 4.69) is 15.5 Å². The second-order valence-electron chi connectivity index (χ2n) is 5.28. The summed E-state index contributed by atoms with van der Waals surface area (Å²) in [7, 11) is 3.10. The number of aromatic nitrogens is 2. The van der Waals surface area contributed by atoms with E-state index in [4.69, 9.17) is 25.6 Å². The van der Waals surface area contributed by atoms with Gasteiger partial charge in [-0.25, -0.2) is 0 Å². The van der Waals surface area contributed by atoms with Gasteiger partial charge in [0.2, 0.25) is 11.7 Å². The molecule has 23 heavy (non-hydrogen) atoms. The molecule has 0 aliphatic heterocycles. The lowest BCUT2D eigenvalue weighted by atomic mass is 10.2. The molecular formula is C15H19Cl2N3O3. The molecule has 126 valence electrons. The van der Waals surface area contributed by atoms with Gasteiger partial charge in [-0.05, 0) is 37.4 Å². The van der Waals surface area contributed by atoms with Gasteiger partial charge in [0.1, 0.15) is 0 Å². The summed E-state index contributed by atoms with van der Waals surface area (Å²) >= 11 is 6.19. The second kappa shape index (κ2) is 7.86. The van der Waals surface area contributed by atoms with E-state index in [0.29, 0.717) is 34.8 Å². The number of hydrogen-bond donors (Lipinski definition) is 1. The van der Waals surface area contributed by atoms with E-state index in [9.17, 15) is 0 Å². The fourth-order valence-electron chi connectivity index (χ4n) is 2.20. The summed E-state index contributed by atoms with van der Waals surface area (Å²) in [5.74, 6) is 2.87. The van der Waals surface area contributed by atoms with Crippen LogP contribution in [0, 0.1) is 5.92 Å². The molecule has 1 aromatic carbocycles. The zero-order valence-electron chi connectivity index (χ0n) is 13.0. The molecule has 0 atom stereocenters. The van der Waals surface area contributed by atoms with Crippen LogP contribution in [0.3, 0.4) is 0 Å². The van der Waals surface area contributed by atoms with Gasteiger partial charge in [-0.1, -0.05) is 16.8 Å². The summed E-state index contributed by atoms with van der Waals surface area (Å²) < 4.78 is 15.7. The molecule has 0 radical (unpaired) electrons. The summed E-state index contributed by atoms with van der Waals surface area (Å²) in [5, 5.41) is 7.74. The third-order valence-electron chi connectivity index (χ3n) is 3.57. The van der Waals surface area contributed by atoms with Crippen LogP contribution in [0.4, 0.5) is 0 Å². The normalized spacial score (nSPS) is 13.5. The zero-order chi connectivity index (χ0) is 15.5. The van der Waals surface area contributed by atoms with Crippen LogP contribution in [0.2, 0.25) is 5.02 Å². The molecule has 6 nitrogen and oxygen atoms in total. The highest BCUT2D eigenvalue weighted by Gasteiger charge is 2.21. The third-order valence-corrected chi connectivity index (χ3v) is 3.85. The highest BCUT2D eigenvalue weighted by Crippen LogP contribution is 2.38. The Morgan fingerprint density at radius 1 is 1.30 bits per heavy atom. The number of halogens is 2. The van der Waals surface area contributed by atoms with Crippen molar-refractivity contribution >= 4 is 24.0 Å². The first-order valence-corrected chi connectivity index (χ1v) is 7.54. The number of ether oxygens (including phenoxy) is 2. The molecular weight excluding hydrogens is 341 g/mol. The Bertz CT molecular complexity index is 659. The minimum absolute atomic E-state index is 0. The van der Waals surface area contributed by atoms with Crippen molar-refractivity contribution in [2.75, 3.05) is 20.8 Å². The van der Waals surface area contributed by atoms with E-state index in [1.165, 1.54) is 12.8 Å². The highest BCUT2D eigenvalue weighted by molar-refractivity contribution is 6.32. The van der Waals surface area contributed by atoms with Gasteiger partial charge in [-0.3, -0.25) is 0 Å². The molecule has 0 saturated heterocycles. The fourth-order valence-corrected chi connectivity index (χ4v) is 2.48. The molecule has 2 aromatic rings. The number of methoxy groups -OCH3 is 2. The molecule has 1 fully saturated rings. The monoisotopic (exact) mass is 359 g/mol. The predicted molar refractivity (Wildman–Crippen MR) is 89.5 cm³/mol. The van der Waals surface area contributed by atoms with Gasteiger partial charge in [-0.15, -0.1) is 12.4 Å². The van der Waals surface area contributed by atoms with E-state index >= 15 is 0 Å². The Morgan fingerprint density at radius 3 is 2.74 bits per heavy atom. The molecule has 1 N–H and O–H groups in total. The van der Waals surface area contributed by atoms with Gasteiger partial charge in [0.15, 0.2) is 11.5 Å². The van der Waals surface area contributed by atoms with Crippen molar-refractivity contribution in [1.29, 1.82) is 0 Å². The topological polar surface area (TPSA) is 69.4 Å². The first kappa shape index (κ1) is 17.8. The summed E-state index contributed by atoms with van der Waals surface area (Å²) in [6.07, 6.45) is 2.62. The Hall–Kier alpha value is -1.50. The molecule has 3 rings (SSSR count). The summed E-state index contributed by atoms with van der Waals surface area (Å²) in [4.78, 5) is 4.37. The highest BCUT2D eigenvalue weighted by atomic mass is 35.5. The average Bonchev–Trinajstić information content (AvgIpc) is 3.22. The molecule has 0 bridgehead atoms. The second-order valence-corrected chi connectivity index (χ2v) is 5.69. The Balaban J connectivity index is 0.00000192. The Kier molecular flexibility index (Phi) is 6.10. The molecule has 1 heterocycles. The molecule has 1 aliphatic rings. The zero-order valence-corrected chi connectivity index (χ0v) is 14.5. The summed E-state index contributed by atoms with van der Waals surface area (Å²) in [6.45, 7) is 1.57. The van der Waals surface area contributed by atoms with Gasteiger partial charge < -0.3 is 19.3 Å². The smallest absolute Gasteiger partial charge is 0.240 e. The number of nitrogens with one attached hydrogen (secondary N) is 1. The van der Waals surface area contributed by atoms with Crippen LogP contribution >= 0.6 is 24.0 Å². The number of rotatable bonds is 7. The maximum atomic E-state index is 6.19. The first-order valence-electron chi connectivity index (χ1n) is 7.16.